The van der Waals surface area contributed by atoms with Crippen LogP contribution in [0.2, 0.25) is 0 Å². The molecule has 0 saturated carbocycles. The van der Waals surface area contributed by atoms with Gasteiger partial charge in [0.25, 0.3) is 0 Å². The lowest BCUT2D eigenvalue weighted by Crippen LogP contribution is -2.06. The van der Waals surface area contributed by atoms with Crippen LogP contribution in [0.4, 0.5) is 5.95 Å². The van der Waals surface area contributed by atoms with Crippen molar-refractivity contribution in [1.29, 1.82) is 0 Å². The van der Waals surface area contributed by atoms with E-state index in [4.69, 9.17) is 5.11 Å². The lowest BCUT2D eigenvalue weighted by atomic mass is 10.3. The van der Waals surface area contributed by atoms with Crippen molar-refractivity contribution in [2.24, 2.45) is 0 Å². The molecule has 2 rings (SSSR count). The number of aliphatic hydroxyl groups is 1. The maximum atomic E-state index is 8.66. The first-order valence-corrected chi connectivity index (χ1v) is 6.83. The quantitative estimate of drug-likeness (QED) is 0.833. The zero-order chi connectivity index (χ0) is 12.1. The van der Waals surface area contributed by atoms with Gasteiger partial charge in [-0.2, -0.15) is 0 Å². The van der Waals surface area contributed by atoms with Gasteiger partial charge in [0, 0.05) is 36.0 Å². The SMILES string of the molecule is OCCCNc1ncc(-c2ccc(Br)s2)cn1. The van der Waals surface area contributed by atoms with Gasteiger partial charge in [-0.3, -0.25) is 0 Å². The zero-order valence-electron chi connectivity index (χ0n) is 9.06. The number of thiophene rings is 1. The molecule has 0 aliphatic heterocycles. The third-order valence-corrected chi connectivity index (χ3v) is 3.80. The molecule has 6 heteroatoms. The summed E-state index contributed by atoms with van der Waals surface area (Å²) in [4.78, 5) is 9.59. The topological polar surface area (TPSA) is 58.0 Å². The van der Waals surface area contributed by atoms with Gasteiger partial charge < -0.3 is 10.4 Å². The van der Waals surface area contributed by atoms with Crippen molar-refractivity contribution in [1.82, 2.24) is 9.97 Å². The number of nitrogens with one attached hydrogen (secondary N) is 1. The fourth-order valence-electron chi connectivity index (χ4n) is 1.30. The van der Waals surface area contributed by atoms with Crippen LogP contribution in [0, 0.1) is 0 Å². The molecule has 4 nitrogen and oxygen atoms in total. The van der Waals surface area contributed by atoms with E-state index in [1.54, 1.807) is 23.7 Å². The van der Waals surface area contributed by atoms with Crippen molar-refractivity contribution in [2.75, 3.05) is 18.5 Å². The number of aromatic nitrogens is 2. The Morgan fingerprint density at radius 2 is 2.06 bits per heavy atom. The number of aliphatic hydroxyl groups excluding tert-OH is 1. The minimum atomic E-state index is 0.175. The Morgan fingerprint density at radius 3 is 2.65 bits per heavy atom. The molecule has 0 amide bonds. The monoisotopic (exact) mass is 313 g/mol. The van der Waals surface area contributed by atoms with Gasteiger partial charge in [-0.1, -0.05) is 0 Å². The van der Waals surface area contributed by atoms with Gasteiger partial charge in [0.15, 0.2) is 0 Å². The molecule has 0 unspecified atom stereocenters. The van der Waals surface area contributed by atoms with Crippen molar-refractivity contribution < 1.29 is 5.11 Å². The van der Waals surface area contributed by atoms with Crippen molar-refractivity contribution in [2.45, 2.75) is 6.42 Å². The van der Waals surface area contributed by atoms with E-state index >= 15 is 0 Å². The fourth-order valence-corrected chi connectivity index (χ4v) is 2.66. The van der Waals surface area contributed by atoms with Crippen molar-refractivity contribution in [3.05, 3.63) is 28.3 Å². The molecule has 90 valence electrons. The molecule has 0 aliphatic carbocycles. The molecular formula is C11H12BrN3OS. The third-order valence-electron chi connectivity index (χ3n) is 2.13. The van der Waals surface area contributed by atoms with Crippen LogP contribution in [-0.2, 0) is 0 Å². The number of nitrogens with zero attached hydrogens (tertiary/aromatic N) is 2. The molecule has 2 aromatic rings. The average molecular weight is 314 g/mol. The van der Waals surface area contributed by atoms with Gasteiger partial charge in [0.2, 0.25) is 5.95 Å². The maximum absolute atomic E-state index is 8.66. The summed E-state index contributed by atoms with van der Waals surface area (Å²) >= 11 is 5.08. The second kappa shape index (κ2) is 6.09. The normalized spacial score (nSPS) is 10.5. The van der Waals surface area contributed by atoms with Crippen LogP contribution in [0.25, 0.3) is 10.4 Å². The highest BCUT2D eigenvalue weighted by Gasteiger charge is 2.02. The molecular weight excluding hydrogens is 302 g/mol. The van der Waals surface area contributed by atoms with Crippen LogP contribution < -0.4 is 5.32 Å². The van der Waals surface area contributed by atoms with Crippen LogP contribution in [0.15, 0.2) is 28.3 Å². The van der Waals surface area contributed by atoms with Crippen molar-refractivity contribution in [3.63, 3.8) is 0 Å². The molecule has 0 saturated heterocycles. The Balaban J connectivity index is 2.02. The largest absolute Gasteiger partial charge is 0.396 e. The number of rotatable bonds is 5. The van der Waals surface area contributed by atoms with E-state index in [1.807, 2.05) is 12.1 Å². The minimum Gasteiger partial charge on any atom is -0.396 e. The van der Waals surface area contributed by atoms with Gasteiger partial charge >= 0.3 is 0 Å². The lowest BCUT2D eigenvalue weighted by Gasteiger charge is -2.03. The number of anilines is 1. The smallest absolute Gasteiger partial charge is 0.222 e. The van der Waals surface area contributed by atoms with Gasteiger partial charge in [0.05, 0.1) is 3.79 Å². The van der Waals surface area contributed by atoms with Gasteiger partial charge in [0.1, 0.15) is 0 Å². The van der Waals surface area contributed by atoms with E-state index in [2.05, 4.69) is 31.2 Å². The second-order valence-corrected chi connectivity index (χ2v) is 5.87. The Bertz CT molecular complexity index is 472. The van der Waals surface area contributed by atoms with E-state index in [0.717, 1.165) is 14.2 Å². The lowest BCUT2D eigenvalue weighted by molar-refractivity contribution is 0.292. The predicted molar refractivity (Wildman–Crippen MR) is 73.2 cm³/mol. The van der Waals surface area contributed by atoms with Crippen molar-refractivity contribution >= 4 is 33.2 Å². The van der Waals surface area contributed by atoms with Crippen LogP contribution in [0.3, 0.4) is 0 Å². The molecule has 0 bridgehead atoms. The predicted octanol–water partition coefficient (Wildman–Crippen LogP) is 2.76. The highest BCUT2D eigenvalue weighted by molar-refractivity contribution is 9.11. The number of hydrogen-bond acceptors (Lipinski definition) is 5. The van der Waals surface area contributed by atoms with Crippen LogP contribution >= 0.6 is 27.3 Å². The Hall–Kier alpha value is -0.980. The molecule has 2 aromatic heterocycles. The highest BCUT2D eigenvalue weighted by Crippen LogP contribution is 2.30. The molecule has 0 spiro atoms. The third kappa shape index (κ3) is 3.49. The van der Waals surface area contributed by atoms with Crippen LogP contribution in [0.5, 0.6) is 0 Å². The van der Waals surface area contributed by atoms with E-state index < -0.39 is 0 Å². The van der Waals surface area contributed by atoms with Gasteiger partial charge in [-0.15, -0.1) is 11.3 Å². The summed E-state index contributed by atoms with van der Waals surface area (Å²) < 4.78 is 1.10. The van der Waals surface area contributed by atoms with E-state index in [0.29, 0.717) is 18.9 Å². The molecule has 0 radical (unpaired) electrons. The summed E-state index contributed by atoms with van der Waals surface area (Å²) in [7, 11) is 0. The first-order valence-electron chi connectivity index (χ1n) is 5.22. The Morgan fingerprint density at radius 1 is 1.29 bits per heavy atom. The van der Waals surface area contributed by atoms with Crippen molar-refractivity contribution in [3.8, 4) is 10.4 Å². The summed E-state index contributed by atoms with van der Waals surface area (Å²) in [6.07, 6.45) is 4.29. The zero-order valence-corrected chi connectivity index (χ0v) is 11.5. The summed E-state index contributed by atoms with van der Waals surface area (Å²) in [5.41, 5.74) is 1.01. The van der Waals surface area contributed by atoms with E-state index in [-0.39, 0.29) is 6.61 Å². The maximum Gasteiger partial charge on any atom is 0.222 e. The molecule has 2 N–H and O–H groups in total. The first kappa shape index (κ1) is 12.5. The van der Waals surface area contributed by atoms with Gasteiger partial charge in [-0.05, 0) is 34.5 Å². The number of hydrogen-bond donors (Lipinski definition) is 2. The molecule has 2 heterocycles. The average Bonchev–Trinajstić information content (AvgIpc) is 2.77. The first-order chi connectivity index (χ1) is 8.29. The number of halogens is 1. The minimum absolute atomic E-state index is 0.175. The molecule has 0 atom stereocenters. The summed E-state index contributed by atoms with van der Waals surface area (Å²) in [5, 5.41) is 11.7. The van der Waals surface area contributed by atoms with E-state index in [9.17, 15) is 0 Å². The standard InChI is InChI=1S/C11H12BrN3OS/c12-10-3-2-9(17-10)8-6-14-11(15-7-8)13-4-1-5-16/h2-3,6-7,16H,1,4-5H2,(H,13,14,15). The molecule has 0 aliphatic rings. The Labute approximate surface area is 112 Å². The molecule has 0 aromatic carbocycles. The fraction of sp³-hybridized carbons (Fsp3) is 0.273. The van der Waals surface area contributed by atoms with Gasteiger partial charge in [-0.25, -0.2) is 9.97 Å². The summed E-state index contributed by atoms with van der Waals surface area (Å²) in [5.74, 6) is 0.595. The van der Waals surface area contributed by atoms with Crippen LogP contribution in [-0.4, -0.2) is 28.2 Å². The molecule has 17 heavy (non-hydrogen) atoms. The summed E-state index contributed by atoms with van der Waals surface area (Å²) in [6, 6.07) is 4.04. The van der Waals surface area contributed by atoms with Crippen LogP contribution in [0.1, 0.15) is 6.42 Å². The highest BCUT2D eigenvalue weighted by atomic mass is 79.9. The Kier molecular flexibility index (Phi) is 4.47. The summed E-state index contributed by atoms with van der Waals surface area (Å²) in [6.45, 7) is 0.856. The molecule has 0 fully saturated rings. The second-order valence-electron chi connectivity index (χ2n) is 3.40. The van der Waals surface area contributed by atoms with E-state index in [1.165, 1.54) is 0 Å².